The van der Waals surface area contributed by atoms with Crippen LogP contribution in [0.25, 0.3) is 11.1 Å². The molecule has 4 aromatic rings. The largest absolute Gasteiger partial charge is 0.321 e. The van der Waals surface area contributed by atoms with Crippen molar-refractivity contribution in [1.82, 2.24) is 0 Å². The van der Waals surface area contributed by atoms with E-state index in [4.69, 9.17) is 46.4 Å². The zero-order valence-corrected chi connectivity index (χ0v) is 20.4. The summed E-state index contributed by atoms with van der Waals surface area (Å²) >= 11 is 25.0. The molecule has 8 heteroatoms. The van der Waals surface area contributed by atoms with Crippen LogP contribution in [0.4, 0.5) is 11.4 Å². The van der Waals surface area contributed by atoms with Crippen molar-refractivity contribution in [3.05, 3.63) is 116 Å². The second kappa shape index (κ2) is 10.5. The second-order valence-electron chi connectivity index (χ2n) is 7.26. The van der Waals surface area contributed by atoms with Gasteiger partial charge in [-0.3, -0.25) is 9.59 Å². The Kier molecular flexibility index (Phi) is 7.44. The minimum atomic E-state index is -0.359. The molecule has 0 saturated heterocycles. The maximum atomic E-state index is 12.5. The van der Waals surface area contributed by atoms with E-state index in [1.54, 1.807) is 72.8 Å². The minimum Gasteiger partial charge on any atom is -0.321 e. The molecule has 0 atom stereocenters. The molecule has 0 spiro atoms. The molecule has 2 N–H and O–H groups in total. The van der Waals surface area contributed by atoms with Gasteiger partial charge in [-0.25, -0.2) is 0 Å². The summed E-state index contributed by atoms with van der Waals surface area (Å²) in [7, 11) is 0. The van der Waals surface area contributed by atoms with Crippen molar-refractivity contribution in [2.75, 3.05) is 10.6 Å². The lowest BCUT2D eigenvalue weighted by Crippen LogP contribution is -2.13. The maximum absolute atomic E-state index is 12.5. The van der Waals surface area contributed by atoms with E-state index >= 15 is 0 Å². The van der Waals surface area contributed by atoms with E-state index in [-0.39, 0.29) is 11.8 Å². The van der Waals surface area contributed by atoms with Crippen LogP contribution in [-0.2, 0) is 0 Å². The number of carbonyl (C=O) groups excluding carboxylic acids is 2. The molecule has 0 aliphatic heterocycles. The highest BCUT2D eigenvalue weighted by atomic mass is 35.5. The Morgan fingerprint density at radius 3 is 1.24 bits per heavy atom. The summed E-state index contributed by atoms with van der Waals surface area (Å²) in [5.41, 5.74) is 3.17. The highest BCUT2D eigenvalue weighted by Crippen LogP contribution is 2.33. The molecule has 0 aliphatic carbocycles. The smallest absolute Gasteiger partial charge is 0.257 e. The van der Waals surface area contributed by atoms with Gasteiger partial charge >= 0.3 is 0 Å². The van der Waals surface area contributed by atoms with Gasteiger partial charge in [0, 0.05) is 0 Å². The van der Waals surface area contributed by atoms with E-state index in [0.29, 0.717) is 42.6 Å². The molecule has 170 valence electrons. The first-order valence-electron chi connectivity index (χ1n) is 10.0. The Balaban J connectivity index is 1.51. The quantitative estimate of drug-likeness (QED) is 0.272. The lowest BCUT2D eigenvalue weighted by atomic mass is 10.0. The summed E-state index contributed by atoms with van der Waals surface area (Å²) in [4.78, 5) is 25.0. The van der Waals surface area contributed by atoms with E-state index in [1.807, 2.05) is 12.1 Å². The van der Waals surface area contributed by atoms with Crippen LogP contribution < -0.4 is 10.6 Å². The molecule has 0 fully saturated rings. The summed E-state index contributed by atoms with van der Waals surface area (Å²) in [6, 6.07) is 24.0. The van der Waals surface area contributed by atoms with Crippen LogP contribution in [0.15, 0.2) is 84.9 Å². The summed E-state index contributed by atoms with van der Waals surface area (Å²) in [5, 5.41) is 6.94. The molecule has 0 aliphatic rings. The van der Waals surface area contributed by atoms with E-state index in [2.05, 4.69) is 10.6 Å². The van der Waals surface area contributed by atoms with Gasteiger partial charge in [0.25, 0.3) is 11.8 Å². The van der Waals surface area contributed by atoms with Crippen LogP contribution in [0, 0.1) is 0 Å². The number of amides is 2. The minimum absolute atomic E-state index is 0.351. The Bertz CT molecular complexity index is 1300. The van der Waals surface area contributed by atoms with Gasteiger partial charge in [0.15, 0.2) is 0 Å². The molecule has 34 heavy (non-hydrogen) atoms. The summed E-state index contributed by atoms with van der Waals surface area (Å²) in [6.45, 7) is 0. The van der Waals surface area contributed by atoms with Crippen molar-refractivity contribution in [1.29, 1.82) is 0 Å². The average Bonchev–Trinajstić information content (AvgIpc) is 2.82. The Morgan fingerprint density at radius 1 is 0.500 bits per heavy atom. The SMILES string of the molecule is O=C(Nc1ccc(-c2ccc(NC(=O)c3ccccc3Cl)c(Cl)c2)cc1Cl)c1ccccc1Cl. The van der Waals surface area contributed by atoms with Gasteiger partial charge in [-0.1, -0.05) is 82.8 Å². The third kappa shape index (κ3) is 5.37. The number of hydrogen-bond donors (Lipinski definition) is 2. The molecule has 0 heterocycles. The molecule has 0 unspecified atom stereocenters. The van der Waals surface area contributed by atoms with E-state index in [1.165, 1.54) is 0 Å². The fourth-order valence-electron chi connectivity index (χ4n) is 3.26. The lowest BCUT2D eigenvalue weighted by molar-refractivity contribution is 0.101. The number of carbonyl (C=O) groups is 2. The monoisotopic (exact) mass is 528 g/mol. The average molecular weight is 530 g/mol. The summed E-state index contributed by atoms with van der Waals surface area (Å²) in [6.07, 6.45) is 0. The predicted octanol–water partition coefficient (Wildman–Crippen LogP) is 8.47. The zero-order valence-electron chi connectivity index (χ0n) is 17.4. The third-order valence-electron chi connectivity index (χ3n) is 5.00. The van der Waals surface area contributed by atoms with E-state index in [9.17, 15) is 9.59 Å². The summed E-state index contributed by atoms with van der Waals surface area (Å²) < 4.78 is 0. The standard InChI is InChI=1S/C26H16Cl4N2O2/c27-19-7-3-1-5-17(19)25(33)31-23-11-9-15(13-21(23)29)16-10-12-24(22(30)14-16)32-26(34)18-6-2-4-8-20(18)28/h1-14H,(H,31,33)(H,32,34). The number of nitrogens with one attached hydrogen (secondary N) is 2. The zero-order chi connectivity index (χ0) is 24.2. The molecule has 4 rings (SSSR count). The van der Waals surface area contributed by atoms with Gasteiger partial charge in [-0.05, 0) is 59.7 Å². The summed E-state index contributed by atoms with van der Waals surface area (Å²) in [5.74, 6) is -0.719. The number of halogens is 4. The normalized spacial score (nSPS) is 10.6. The molecule has 0 radical (unpaired) electrons. The van der Waals surface area contributed by atoms with Gasteiger partial charge in [0.05, 0.1) is 42.6 Å². The molecular weight excluding hydrogens is 514 g/mol. The van der Waals surface area contributed by atoms with Crippen molar-refractivity contribution in [3.8, 4) is 11.1 Å². The van der Waals surface area contributed by atoms with E-state index in [0.717, 1.165) is 11.1 Å². The molecular formula is C26H16Cl4N2O2. The number of benzene rings is 4. The number of anilines is 2. The van der Waals surface area contributed by atoms with Crippen LogP contribution in [0.2, 0.25) is 20.1 Å². The fourth-order valence-corrected chi connectivity index (χ4v) is 4.16. The van der Waals surface area contributed by atoms with Crippen LogP contribution in [0.3, 0.4) is 0 Å². The second-order valence-corrected chi connectivity index (χ2v) is 8.89. The van der Waals surface area contributed by atoms with Gasteiger partial charge in [-0.15, -0.1) is 0 Å². The number of hydrogen-bond acceptors (Lipinski definition) is 2. The van der Waals surface area contributed by atoms with Crippen molar-refractivity contribution < 1.29 is 9.59 Å². The molecule has 4 aromatic carbocycles. The maximum Gasteiger partial charge on any atom is 0.257 e. The Morgan fingerprint density at radius 2 is 0.882 bits per heavy atom. The van der Waals surface area contributed by atoms with Crippen molar-refractivity contribution in [2.24, 2.45) is 0 Å². The first-order valence-corrected chi connectivity index (χ1v) is 11.6. The van der Waals surface area contributed by atoms with Gasteiger partial charge in [0.1, 0.15) is 0 Å². The van der Waals surface area contributed by atoms with Crippen LogP contribution in [-0.4, -0.2) is 11.8 Å². The predicted molar refractivity (Wildman–Crippen MR) is 141 cm³/mol. The van der Waals surface area contributed by atoms with Crippen LogP contribution >= 0.6 is 46.4 Å². The van der Waals surface area contributed by atoms with Crippen molar-refractivity contribution >= 4 is 69.6 Å². The molecule has 2 amide bonds. The highest BCUT2D eigenvalue weighted by molar-refractivity contribution is 6.37. The first-order chi connectivity index (χ1) is 16.3. The molecule has 0 bridgehead atoms. The Labute approximate surface area is 216 Å². The van der Waals surface area contributed by atoms with E-state index < -0.39 is 0 Å². The third-order valence-corrected chi connectivity index (χ3v) is 6.29. The van der Waals surface area contributed by atoms with Crippen LogP contribution in [0.5, 0.6) is 0 Å². The van der Waals surface area contributed by atoms with Gasteiger partial charge < -0.3 is 10.6 Å². The number of rotatable bonds is 5. The first kappa shape index (κ1) is 24.1. The van der Waals surface area contributed by atoms with Crippen molar-refractivity contribution in [3.63, 3.8) is 0 Å². The highest BCUT2D eigenvalue weighted by Gasteiger charge is 2.14. The fraction of sp³-hybridized carbons (Fsp3) is 0. The van der Waals surface area contributed by atoms with Gasteiger partial charge in [-0.2, -0.15) is 0 Å². The topological polar surface area (TPSA) is 58.2 Å². The van der Waals surface area contributed by atoms with Crippen LogP contribution in [0.1, 0.15) is 20.7 Å². The van der Waals surface area contributed by atoms with Gasteiger partial charge in [0.2, 0.25) is 0 Å². The lowest BCUT2D eigenvalue weighted by Gasteiger charge is -2.12. The Hall–Kier alpha value is -3.02. The molecule has 4 nitrogen and oxygen atoms in total. The molecule has 0 saturated carbocycles. The molecule has 0 aromatic heterocycles. The van der Waals surface area contributed by atoms with Crippen molar-refractivity contribution in [2.45, 2.75) is 0 Å².